The largest absolute Gasteiger partial charge is 0.416 e. The Bertz CT molecular complexity index is 994. The molecule has 6 nitrogen and oxygen atoms in total. The molecule has 0 unspecified atom stereocenters. The number of hydrogen-bond acceptors (Lipinski definition) is 4. The number of rotatable bonds is 3. The van der Waals surface area contributed by atoms with Crippen LogP contribution in [0.2, 0.25) is 0 Å². The number of halogens is 3. The second kappa shape index (κ2) is 6.17. The van der Waals surface area contributed by atoms with Gasteiger partial charge in [0.2, 0.25) is 0 Å². The molecule has 1 amide bonds. The van der Waals surface area contributed by atoms with Crippen LogP contribution >= 0.6 is 0 Å². The van der Waals surface area contributed by atoms with Crippen molar-refractivity contribution in [2.75, 3.05) is 5.73 Å². The van der Waals surface area contributed by atoms with Crippen molar-refractivity contribution in [2.24, 2.45) is 5.73 Å². The lowest BCUT2D eigenvalue weighted by Gasteiger charge is -2.11. The summed E-state index contributed by atoms with van der Waals surface area (Å²) in [6.45, 7) is 1.65. The van der Waals surface area contributed by atoms with Crippen molar-refractivity contribution < 1.29 is 18.0 Å². The molecule has 26 heavy (non-hydrogen) atoms. The monoisotopic (exact) mass is 361 g/mol. The zero-order valence-corrected chi connectivity index (χ0v) is 13.6. The summed E-state index contributed by atoms with van der Waals surface area (Å²) in [5.74, 6) is -0.591. The molecule has 0 radical (unpaired) electrons. The van der Waals surface area contributed by atoms with Gasteiger partial charge in [0.1, 0.15) is 17.8 Å². The van der Waals surface area contributed by atoms with E-state index in [0.29, 0.717) is 17.0 Å². The summed E-state index contributed by atoms with van der Waals surface area (Å²) < 4.78 is 39.2. The summed E-state index contributed by atoms with van der Waals surface area (Å²) in [4.78, 5) is 22.4. The molecule has 5 N–H and O–H groups in total. The predicted octanol–water partition coefficient (Wildman–Crippen LogP) is 3.15. The van der Waals surface area contributed by atoms with E-state index in [2.05, 4.69) is 15.0 Å². The average Bonchev–Trinajstić information content (AvgIpc) is 2.99. The van der Waals surface area contributed by atoms with Crippen molar-refractivity contribution in [3.8, 4) is 22.5 Å². The molecule has 134 valence electrons. The molecule has 2 aromatic heterocycles. The van der Waals surface area contributed by atoms with Crippen LogP contribution < -0.4 is 11.5 Å². The SMILES string of the molecule is Cc1ccc(C(F)(F)F)cc1-c1cc(-c2cc(N)ncn2)[nH]c1C(N)=O. The number of carbonyl (C=O) groups is 1. The van der Waals surface area contributed by atoms with Crippen LogP contribution in [0.4, 0.5) is 19.0 Å². The van der Waals surface area contributed by atoms with E-state index in [4.69, 9.17) is 11.5 Å². The summed E-state index contributed by atoms with van der Waals surface area (Å²) in [6.07, 6.45) is -3.26. The fraction of sp³-hybridized carbons (Fsp3) is 0.118. The second-order valence-electron chi connectivity index (χ2n) is 5.69. The molecule has 0 bridgehead atoms. The fourth-order valence-corrected chi connectivity index (χ4v) is 2.61. The third-order valence-electron chi connectivity index (χ3n) is 3.88. The Balaban J connectivity index is 2.21. The van der Waals surface area contributed by atoms with Crippen LogP contribution in [-0.2, 0) is 6.18 Å². The maximum absolute atomic E-state index is 13.1. The Morgan fingerprint density at radius 3 is 2.46 bits per heavy atom. The van der Waals surface area contributed by atoms with Gasteiger partial charge in [-0.1, -0.05) is 6.07 Å². The van der Waals surface area contributed by atoms with Gasteiger partial charge in [-0.3, -0.25) is 4.79 Å². The second-order valence-corrected chi connectivity index (χ2v) is 5.69. The highest BCUT2D eigenvalue weighted by Gasteiger charge is 2.31. The van der Waals surface area contributed by atoms with Crippen molar-refractivity contribution in [2.45, 2.75) is 13.1 Å². The number of H-pyrrole nitrogens is 1. The number of nitrogens with zero attached hydrogens (tertiary/aromatic N) is 2. The highest BCUT2D eigenvalue weighted by atomic mass is 19.4. The number of anilines is 1. The van der Waals surface area contributed by atoms with Gasteiger partial charge in [-0.2, -0.15) is 13.2 Å². The van der Waals surface area contributed by atoms with Gasteiger partial charge in [0, 0.05) is 11.6 Å². The Labute approximate surface area is 146 Å². The lowest BCUT2D eigenvalue weighted by molar-refractivity contribution is -0.137. The van der Waals surface area contributed by atoms with Gasteiger partial charge in [0.15, 0.2) is 0 Å². The van der Waals surface area contributed by atoms with Gasteiger partial charge in [0.25, 0.3) is 5.91 Å². The van der Waals surface area contributed by atoms with Crippen LogP contribution in [-0.4, -0.2) is 20.9 Å². The minimum Gasteiger partial charge on any atom is -0.384 e. The Morgan fingerprint density at radius 2 is 1.85 bits per heavy atom. The summed E-state index contributed by atoms with van der Waals surface area (Å²) >= 11 is 0. The molecule has 0 saturated carbocycles. The topological polar surface area (TPSA) is 111 Å². The molecule has 3 rings (SSSR count). The smallest absolute Gasteiger partial charge is 0.384 e. The standard InChI is InChI=1S/C17H14F3N5O/c1-8-2-3-9(17(18,19)20)4-10(8)11-5-13(25-15(11)16(22)26)12-6-14(21)24-7-23-12/h2-7,25H,1H3,(H2,22,26)(H2,21,23,24). The summed E-state index contributed by atoms with van der Waals surface area (Å²) in [6, 6.07) is 6.31. The molecule has 0 aliphatic rings. The van der Waals surface area contributed by atoms with Gasteiger partial charge in [0.05, 0.1) is 17.0 Å². The van der Waals surface area contributed by atoms with E-state index in [0.717, 1.165) is 12.1 Å². The highest BCUT2D eigenvalue weighted by molar-refractivity contribution is 6.00. The summed E-state index contributed by atoms with van der Waals surface area (Å²) in [7, 11) is 0. The lowest BCUT2D eigenvalue weighted by Crippen LogP contribution is -2.13. The molecule has 0 atom stereocenters. The predicted molar refractivity (Wildman–Crippen MR) is 89.9 cm³/mol. The van der Waals surface area contributed by atoms with E-state index in [1.165, 1.54) is 24.5 Å². The first-order valence-corrected chi connectivity index (χ1v) is 7.45. The van der Waals surface area contributed by atoms with Gasteiger partial charge in [-0.25, -0.2) is 9.97 Å². The quantitative estimate of drug-likeness (QED) is 0.665. The fourth-order valence-electron chi connectivity index (χ4n) is 2.61. The van der Waals surface area contributed by atoms with Crippen molar-refractivity contribution in [3.63, 3.8) is 0 Å². The number of benzene rings is 1. The van der Waals surface area contributed by atoms with Gasteiger partial charge >= 0.3 is 6.18 Å². The van der Waals surface area contributed by atoms with E-state index in [1.54, 1.807) is 6.92 Å². The Kier molecular flexibility index (Phi) is 4.15. The number of hydrogen-bond donors (Lipinski definition) is 3. The lowest BCUT2D eigenvalue weighted by atomic mass is 9.97. The number of nitrogen functional groups attached to an aromatic ring is 1. The molecule has 3 aromatic rings. The average molecular weight is 361 g/mol. The van der Waals surface area contributed by atoms with Crippen molar-refractivity contribution in [3.05, 3.63) is 53.5 Å². The van der Waals surface area contributed by atoms with Crippen LogP contribution in [0, 0.1) is 6.92 Å². The van der Waals surface area contributed by atoms with Crippen LogP contribution in [0.1, 0.15) is 21.6 Å². The van der Waals surface area contributed by atoms with Crippen LogP contribution in [0.15, 0.2) is 36.7 Å². The van der Waals surface area contributed by atoms with E-state index in [1.807, 2.05) is 0 Å². The van der Waals surface area contributed by atoms with Crippen molar-refractivity contribution in [1.82, 2.24) is 15.0 Å². The Morgan fingerprint density at radius 1 is 1.12 bits per heavy atom. The molecule has 0 aliphatic heterocycles. The van der Waals surface area contributed by atoms with Crippen molar-refractivity contribution >= 4 is 11.7 Å². The number of aromatic nitrogens is 3. The number of aromatic amines is 1. The van der Waals surface area contributed by atoms with Crippen LogP contribution in [0.5, 0.6) is 0 Å². The van der Waals surface area contributed by atoms with E-state index in [9.17, 15) is 18.0 Å². The van der Waals surface area contributed by atoms with Crippen LogP contribution in [0.25, 0.3) is 22.5 Å². The maximum Gasteiger partial charge on any atom is 0.416 e. The first-order valence-electron chi connectivity index (χ1n) is 7.45. The first-order chi connectivity index (χ1) is 12.2. The van der Waals surface area contributed by atoms with Gasteiger partial charge in [-0.15, -0.1) is 0 Å². The zero-order chi connectivity index (χ0) is 19.1. The zero-order valence-electron chi connectivity index (χ0n) is 13.6. The molecule has 0 aliphatic carbocycles. The number of amides is 1. The van der Waals surface area contributed by atoms with Crippen molar-refractivity contribution in [1.29, 1.82) is 0 Å². The Hall–Kier alpha value is -3.36. The van der Waals surface area contributed by atoms with E-state index < -0.39 is 17.6 Å². The number of alkyl halides is 3. The van der Waals surface area contributed by atoms with Gasteiger partial charge in [-0.05, 0) is 36.2 Å². The first kappa shape index (κ1) is 17.5. The number of nitrogens with one attached hydrogen (secondary N) is 1. The molecular weight excluding hydrogens is 347 g/mol. The normalized spacial score (nSPS) is 11.5. The van der Waals surface area contributed by atoms with E-state index in [-0.39, 0.29) is 22.6 Å². The summed E-state index contributed by atoms with van der Waals surface area (Å²) in [5, 5.41) is 0. The maximum atomic E-state index is 13.1. The minimum absolute atomic E-state index is 0.0143. The summed E-state index contributed by atoms with van der Waals surface area (Å²) in [5.41, 5.74) is 12.0. The number of carbonyl (C=O) groups excluding carboxylic acids is 1. The molecule has 0 fully saturated rings. The molecular formula is C17H14F3N5O. The molecule has 0 saturated heterocycles. The van der Waals surface area contributed by atoms with E-state index >= 15 is 0 Å². The third kappa shape index (κ3) is 3.23. The minimum atomic E-state index is -4.50. The molecule has 9 heteroatoms. The molecule has 0 spiro atoms. The van der Waals surface area contributed by atoms with Crippen LogP contribution in [0.3, 0.4) is 0 Å². The molecule has 2 heterocycles. The number of nitrogens with two attached hydrogens (primary N) is 2. The highest BCUT2D eigenvalue weighted by Crippen LogP contribution is 2.36. The van der Waals surface area contributed by atoms with Gasteiger partial charge < -0.3 is 16.5 Å². The number of aryl methyl sites for hydroxylation is 1. The third-order valence-corrected chi connectivity index (χ3v) is 3.88. The molecule has 1 aromatic carbocycles. The number of primary amides is 1.